The number of nitrogens with one attached hydrogen (secondary N) is 2. The minimum Gasteiger partial charge on any atom is -0.492 e. The maximum absolute atomic E-state index is 13.7. The molecule has 27 heavy (non-hydrogen) atoms. The highest BCUT2D eigenvalue weighted by atomic mass is 19.1. The number of rotatable bonds is 6. The van der Waals surface area contributed by atoms with Gasteiger partial charge in [0.15, 0.2) is 0 Å². The van der Waals surface area contributed by atoms with Gasteiger partial charge in [0.2, 0.25) is 5.91 Å². The van der Waals surface area contributed by atoms with E-state index in [9.17, 15) is 13.6 Å². The molecule has 2 aromatic carbocycles. The van der Waals surface area contributed by atoms with E-state index in [4.69, 9.17) is 9.47 Å². The number of hydrogen-bond acceptors (Lipinski definition) is 4. The fourth-order valence-electron chi connectivity index (χ4n) is 2.96. The molecule has 3 rings (SSSR count). The molecule has 0 saturated heterocycles. The van der Waals surface area contributed by atoms with Crippen LogP contribution in [-0.2, 0) is 11.2 Å². The molecule has 144 valence electrons. The highest BCUT2D eigenvalue weighted by Gasteiger charge is 2.23. The topological polar surface area (TPSA) is 59.6 Å². The summed E-state index contributed by atoms with van der Waals surface area (Å²) in [7, 11) is 0. The van der Waals surface area contributed by atoms with Crippen LogP contribution in [0.5, 0.6) is 11.5 Å². The minimum atomic E-state index is -0.719. The largest absolute Gasteiger partial charge is 0.492 e. The monoisotopic (exact) mass is 376 g/mol. The standard InChI is InChI=1S/C20H22F2N2O3/c1-4-26-19-8-13-7-11(2)27-18(13)10-17(19)23-12(3)20(25)24-16-9-14(21)5-6-15(16)22/h5-6,8-12,23H,4,7H2,1-3H3,(H,24,25)/t11-,12+/m1/s1. The molecule has 5 nitrogen and oxygen atoms in total. The van der Waals surface area contributed by atoms with Crippen LogP contribution in [0.4, 0.5) is 20.2 Å². The van der Waals surface area contributed by atoms with E-state index >= 15 is 0 Å². The van der Waals surface area contributed by atoms with Crippen LogP contribution in [0.2, 0.25) is 0 Å². The van der Waals surface area contributed by atoms with Gasteiger partial charge in [-0.2, -0.15) is 0 Å². The number of carbonyl (C=O) groups excluding carboxylic acids is 1. The molecule has 1 aliphatic rings. The molecule has 0 bridgehead atoms. The first-order chi connectivity index (χ1) is 12.9. The SMILES string of the molecule is CCOc1cc2c(cc1N[C@@H](C)C(=O)Nc1cc(F)ccc1F)O[C@H](C)C2. The Morgan fingerprint density at radius 3 is 2.81 bits per heavy atom. The van der Waals surface area contributed by atoms with E-state index in [1.54, 1.807) is 13.0 Å². The number of fused-ring (bicyclic) bond motifs is 1. The van der Waals surface area contributed by atoms with Crippen LogP contribution >= 0.6 is 0 Å². The summed E-state index contributed by atoms with van der Waals surface area (Å²) >= 11 is 0. The summed E-state index contributed by atoms with van der Waals surface area (Å²) in [6, 6.07) is 5.89. The van der Waals surface area contributed by atoms with Crippen molar-refractivity contribution in [3.63, 3.8) is 0 Å². The number of amides is 1. The number of carbonyl (C=O) groups is 1. The van der Waals surface area contributed by atoms with E-state index in [1.165, 1.54) is 0 Å². The predicted molar refractivity (Wildman–Crippen MR) is 99.5 cm³/mol. The molecule has 2 aromatic rings. The third-order valence-corrected chi connectivity index (χ3v) is 4.25. The second-order valence-corrected chi connectivity index (χ2v) is 6.50. The molecule has 0 spiro atoms. The van der Waals surface area contributed by atoms with Crippen LogP contribution in [0.3, 0.4) is 0 Å². The van der Waals surface area contributed by atoms with Gasteiger partial charge in [-0.3, -0.25) is 4.79 Å². The lowest BCUT2D eigenvalue weighted by molar-refractivity contribution is -0.116. The number of anilines is 2. The van der Waals surface area contributed by atoms with Crippen LogP contribution < -0.4 is 20.1 Å². The second kappa shape index (κ2) is 7.82. The van der Waals surface area contributed by atoms with Gasteiger partial charge in [0, 0.05) is 24.1 Å². The molecule has 0 unspecified atom stereocenters. The van der Waals surface area contributed by atoms with Crippen molar-refractivity contribution in [3.8, 4) is 11.5 Å². The van der Waals surface area contributed by atoms with Crippen molar-refractivity contribution in [2.45, 2.75) is 39.3 Å². The number of ether oxygens (including phenoxy) is 2. The molecule has 0 aromatic heterocycles. The van der Waals surface area contributed by atoms with Gasteiger partial charge in [0.1, 0.15) is 35.3 Å². The average Bonchev–Trinajstić information content (AvgIpc) is 2.97. The Balaban J connectivity index is 1.76. The molecule has 2 atom stereocenters. The average molecular weight is 376 g/mol. The van der Waals surface area contributed by atoms with Crippen molar-refractivity contribution in [3.05, 3.63) is 47.5 Å². The Hall–Kier alpha value is -2.83. The third kappa shape index (κ3) is 4.30. The molecule has 1 aliphatic heterocycles. The van der Waals surface area contributed by atoms with E-state index in [0.29, 0.717) is 18.0 Å². The maximum Gasteiger partial charge on any atom is 0.246 e. The van der Waals surface area contributed by atoms with Crippen molar-refractivity contribution < 1.29 is 23.0 Å². The molecular weight excluding hydrogens is 354 g/mol. The van der Waals surface area contributed by atoms with Crippen molar-refractivity contribution in [2.75, 3.05) is 17.2 Å². The quantitative estimate of drug-likeness (QED) is 0.796. The van der Waals surface area contributed by atoms with Crippen molar-refractivity contribution in [2.24, 2.45) is 0 Å². The van der Waals surface area contributed by atoms with Crippen LogP contribution in [0, 0.1) is 11.6 Å². The van der Waals surface area contributed by atoms with E-state index in [2.05, 4.69) is 10.6 Å². The molecule has 0 fully saturated rings. The smallest absolute Gasteiger partial charge is 0.246 e. The highest BCUT2D eigenvalue weighted by molar-refractivity contribution is 5.96. The normalized spacial score (nSPS) is 16.3. The molecule has 0 radical (unpaired) electrons. The summed E-state index contributed by atoms with van der Waals surface area (Å²) in [4.78, 5) is 12.4. The van der Waals surface area contributed by atoms with Crippen molar-refractivity contribution >= 4 is 17.3 Å². The lowest BCUT2D eigenvalue weighted by Gasteiger charge is -2.19. The summed E-state index contributed by atoms with van der Waals surface area (Å²) in [6.45, 7) is 5.95. The zero-order valence-electron chi connectivity index (χ0n) is 15.4. The van der Waals surface area contributed by atoms with Crippen molar-refractivity contribution in [1.29, 1.82) is 0 Å². The van der Waals surface area contributed by atoms with Gasteiger partial charge in [-0.15, -0.1) is 0 Å². The van der Waals surface area contributed by atoms with Crippen LogP contribution in [0.15, 0.2) is 30.3 Å². The fraction of sp³-hybridized carbons (Fsp3) is 0.350. The van der Waals surface area contributed by atoms with E-state index in [-0.39, 0.29) is 11.8 Å². The number of benzene rings is 2. The van der Waals surface area contributed by atoms with Gasteiger partial charge in [0.05, 0.1) is 18.0 Å². The summed E-state index contributed by atoms with van der Waals surface area (Å²) < 4.78 is 38.4. The summed E-state index contributed by atoms with van der Waals surface area (Å²) in [5.41, 5.74) is 1.45. The molecule has 1 heterocycles. The second-order valence-electron chi connectivity index (χ2n) is 6.50. The number of hydrogen-bond donors (Lipinski definition) is 2. The molecule has 2 N–H and O–H groups in total. The third-order valence-electron chi connectivity index (χ3n) is 4.25. The van der Waals surface area contributed by atoms with Gasteiger partial charge in [-0.1, -0.05) is 0 Å². The zero-order chi connectivity index (χ0) is 19.6. The summed E-state index contributed by atoms with van der Waals surface area (Å²) in [5, 5.41) is 5.45. The van der Waals surface area contributed by atoms with Crippen molar-refractivity contribution in [1.82, 2.24) is 0 Å². The van der Waals surface area contributed by atoms with E-state index in [1.807, 2.05) is 19.9 Å². The first kappa shape index (κ1) is 18.9. The Kier molecular flexibility index (Phi) is 5.48. The van der Waals surface area contributed by atoms with E-state index in [0.717, 1.165) is 35.9 Å². The van der Waals surface area contributed by atoms with Gasteiger partial charge in [0.25, 0.3) is 0 Å². The summed E-state index contributed by atoms with van der Waals surface area (Å²) in [6.07, 6.45) is 0.881. The van der Waals surface area contributed by atoms with Gasteiger partial charge < -0.3 is 20.1 Å². The van der Waals surface area contributed by atoms with Gasteiger partial charge in [-0.05, 0) is 39.0 Å². The molecule has 1 amide bonds. The Bertz CT molecular complexity index is 857. The van der Waals surface area contributed by atoms with Gasteiger partial charge in [-0.25, -0.2) is 8.78 Å². The first-order valence-electron chi connectivity index (χ1n) is 8.86. The van der Waals surface area contributed by atoms with Crippen LogP contribution in [-0.4, -0.2) is 24.7 Å². The summed E-state index contributed by atoms with van der Waals surface area (Å²) in [5.74, 6) is -0.470. The Morgan fingerprint density at radius 1 is 1.30 bits per heavy atom. The van der Waals surface area contributed by atoms with Crippen LogP contribution in [0.25, 0.3) is 0 Å². The molecular formula is C20H22F2N2O3. The minimum absolute atomic E-state index is 0.0846. The van der Waals surface area contributed by atoms with E-state index < -0.39 is 23.6 Å². The van der Waals surface area contributed by atoms with Gasteiger partial charge >= 0.3 is 0 Å². The highest BCUT2D eigenvalue weighted by Crippen LogP contribution is 2.38. The first-order valence-corrected chi connectivity index (χ1v) is 8.86. The zero-order valence-corrected chi connectivity index (χ0v) is 15.4. The Morgan fingerprint density at radius 2 is 2.07 bits per heavy atom. The molecule has 0 saturated carbocycles. The molecule has 7 heteroatoms. The lowest BCUT2D eigenvalue weighted by Crippen LogP contribution is -2.32. The molecule has 0 aliphatic carbocycles. The van der Waals surface area contributed by atoms with Crippen LogP contribution in [0.1, 0.15) is 26.3 Å². The lowest BCUT2D eigenvalue weighted by atomic mass is 10.1. The maximum atomic E-state index is 13.7. The fourth-order valence-corrected chi connectivity index (χ4v) is 2.96. The number of halogens is 2. The predicted octanol–water partition coefficient (Wildman–Crippen LogP) is 4.13. The Labute approximate surface area is 156 Å².